The van der Waals surface area contributed by atoms with E-state index < -0.39 is 0 Å². The molecule has 2 fully saturated rings. The summed E-state index contributed by atoms with van der Waals surface area (Å²) in [5, 5.41) is 3.38. The maximum Gasteiger partial charge on any atom is 0.248 e. The summed E-state index contributed by atoms with van der Waals surface area (Å²) in [6, 6.07) is 8.39. The van der Waals surface area contributed by atoms with Crippen LogP contribution in [0.25, 0.3) is 0 Å². The number of benzene rings is 1. The lowest BCUT2D eigenvalue weighted by atomic mass is 9.91. The maximum absolute atomic E-state index is 12.1. The van der Waals surface area contributed by atoms with Crippen molar-refractivity contribution in [3.05, 3.63) is 35.4 Å². The van der Waals surface area contributed by atoms with Gasteiger partial charge in [-0.1, -0.05) is 29.8 Å². The molecule has 1 aromatic rings. The van der Waals surface area contributed by atoms with Crippen LogP contribution >= 0.6 is 0 Å². The molecule has 0 aliphatic carbocycles. The number of ether oxygens (including phenoxy) is 1. The van der Waals surface area contributed by atoms with Crippen LogP contribution in [0.2, 0.25) is 0 Å². The molecular formula is C17H24N2O2. The quantitative estimate of drug-likeness (QED) is 0.921. The molecule has 1 N–H and O–H groups in total. The van der Waals surface area contributed by atoms with E-state index in [1.165, 1.54) is 11.1 Å². The Bertz CT molecular complexity index is 497. The first-order valence-electron chi connectivity index (χ1n) is 7.88. The minimum Gasteiger partial charge on any atom is -0.366 e. The molecule has 2 aliphatic heterocycles. The van der Waals surface area contributed by atoms with Gasteiger partial charge >= 0.3 is 0 Å². The molecule has 0 saturated carbocycles. The standard InChI is InChI=1S/C17H24N2O2/c1-13-3-2-4-14(9-13)10-19-11-16(21-12-17(19)20)15-5-7-18-8-6-15/h2-4,9,15-16,18H,5-8,10-12H2,1H3. The first-order chi connectivity index (χ1) is 10.2. The molecule has 0 radical (unpaired) electrons. The molecule has 1 amide bonds. The fourth-order valence-corrected chi connectivity index (χ4v) is 3.33. The van der Waals surface area contributed by atoms with E-state index in [0.29, 0.717) is 12.5 Å². The van der Waals surface area contributed by atoms with Crippen LogP contribution in [0, 0.1) is 12.8 Å². The summed E-state index contributed by atoms with van der Waals surface area (Å²) in [4.78, 5) is 14.1. The molecule has 0 spiro atoms. The molecule has 2 aliphatic rings. The highest BCUT2D eigenvalue weighted by atomic mass is 16.5. The number of aryl methyl sites for hydroxylation is 1. The fourth-order valence-electron chi connectivity index (χ4n) is 3.33. The van der Waals surface area contributed by atoms with Gasteiger partial charge in [-0.15, -0.1) is 0 Å². The van der Waals surface area contributed by atoms with E-state index in [1.54, 1.807) is 0 Å². The van der Waals surface area contributed by atoms with E-state index in [0.717, 1.165) is 32.5 Å². The highest BCUT2D eigenvalue weighted by molar-refractivity contribution is 5.78. The first kappa shape index (κ1) is 14.5. The zero-order chi connectivity index (χ0) is 14.7. The zero-order valence-corrected chi connectivity index (χ0v) is 12.7. The molecule has 2 saturated heterocycles. The van der Waals surface area contributed by atoms with Crippen molar-refractivity contribution in [1.29, 1.82) is 0 Å². The Balaban J connectivity index is 1.64. The average molecular weight is 288 g/mol. The van der Waals surface area contributed by atoms with Crippen molar-refractivity contribution in [2.24, 2.45) is 5.92 Å². The van der Waals surface area contributed by atoms with Crippen LogP contribution in [0.3, 0.4) is 0 Å². The van der Waals surface area contributed by atoms with Gasteiger partial charge < -0.3 is 15.0 Å². The van der Waals surface area contributed by atoms with E-state index in [1.807, 2.05) is 4.90 Å². The number of hydrogen-bond donors (Lipinski definition) is 1. The summed E-state index contributed by atoms with van der Waals surface area (Å²) in [5.41, 5.74) is 2.44. The number of nitrogens with zero attached hydrogens (tertiary/aromatic N) is 1. The maximum atomic E-state index is 12.1. The molecule has 4 nitrogen and oxygen atoms in total. The van der Waals surface area contributed by atoms with Crippen molar-refractivity contribution in [2.75, 3.05) is 26.2 Å². The SMILES string of the molecule is Cc1cccc(CN2CC(C3CCNCC3)OCC2=O)c1. The summed E-state index contributed by atoms with van der Waals surface area (Å²) >= 11 is 0. The smallest absolute Gasteiger partial charge is 0.248 e. The highest BCUT2D eigenvalue weighted by Gasteiger charge is 2.32. The Kier molecular flexibility index (Phi) is 4.56. The lowest BCUT2D eigenvalue weighted by molar-refractivity contribution is -0.153. The van der Waals surface area contributed by atoms with Gasteiger partial charge in [0, 0.05) is 13.1 Å². The van der Waals surface area contributed by atoms with E-state index >= 15 is 0 Å². The summed E-state index contributed by atoms with van der Waals surface area (Å²) in [6.07, 6.45) is 2.50. The van der Waals surface area contributed by atoms with Crippen LogP contribution in [-0.2, 0) is 16.1 Å². The van der Waals surface area contributed by atoms with Crippen molar-refractivity contribution < 1.29 is 9.53 Å². The van der Waals surface area contributed by atoms with Crippen molar-refractivity contribution in [2.45, 2.75) is 32.4 Å². The molecule has 0 aromatic heterocycles. The number of rotatable bonds is 3. The minimum atomic E-state index is 0.113. The molecule has 2 heterocycles. The van der Waals surface area contributed by atoms with Gasteiger partial charge in [0.25, 0.3) is 0 Å². The Morgan fingerprint density at radius 2 is 2.14 bits per heavy atom. The summed E-state index contributed by atoms with van der Waals surface area (Å²) < 4.78 is 5.80. The largest absolute Gasteiger partial charge is 0.366 e. The number of carbonyl (C=O) groups excluding carboxylic acids is 1. The van der Waals surface area contributed by atoms with E-state index in [9.17, 15) is 4.79 Å². The predicted molar refractivity (Wildman–Crippen MR) is 81.9 cm³/mol. The molecule has 1 atom stereocenters. The van der Waals surface area contributed by atoms with Crippen molar-refractivity contribution in [1.82, 2.24) is 10.2 Å². The third-order valence-corrected chi connectivity index (χ3v) is 4.54. The zero-order valence-electron chi connectivity index (χ0n) is 12.7. The molecule has 1 aromatic carbocycles. The molecular weight excluding hydrogens is 264 g/mol. The van der Waals surface area contributed by atoms with Crippen molar-refractivity contribution in [3.8, 4) is 0 Å². The number of hydrogen-bond acceptors (Lipinski definition) is 3. The Hall–Kier alpha value is -1.39. The molecule has 0 bridgehead atoms. The third-order valence-electron chi connectivity index (χ3n) is 4.54. The van der Waals surface area contributed by atoms with Gasteiger partial charge in [0.05, 0.1) is 6.10 Å². The number of carbonyl (C=O) groups is 1. The van der Waals surface area contributed by atoms with Gasteiger partial charge in [0.1, 0.15) is 6.61 Å². The van der Waals surface area contributed by atoms with Gasteiger partial charge in [-0.2, -0.15) is 0 Å². The lowest BCUT2D eigenvalue weighted by Gasteiger charge is -2.38. The van der Waals surface area contributed by atoms with E-state index in [2.05, 4.69) is 36.5 Å². The summed E-state index contributed by atoms with van der Waals surface area (Å²) in [6.45, 7) is 5.89. The van der Waals surface area contributed by atoms with Crippen molar-refractivity contribution >= 4 is 5.91 Å². The third kappa shape index (κ3) is 3.63. The average Bonchev–Trinajstić information content (AvgIpc) is 2.50. The normalized spacial score (nSPS) is 24.3. The molecule has 4 heteroatoms. The van der Waals surface area contributed by atoms with Crippen LogP contribution in [0.15, 0.2) is 24.3 Å². The Morgan fingerprint density at radius 3 is 2.90 bits per heavy atom. The van der Waals surface area contributed by atoms with Crippen LogP contribution in [0.5, 0.6) is 0 Å². The van der Waals surface area contributed by atoms with Crippen molar-refractivity contribution in [3.63, 3.8) is 0 Å². The van der Waals surface area contributed by atoms with Gasteiger partial charge in [-0.05, 0) is 44.3 Å². The van der Waals surface area contributed by atoms with Gasteiger partial charge in [-0.3, -0.25) is 4.79 Å². The van der Waals surface area contributed by atoms with Gasteiger partial charge in [-0.25, -0.2) is 0 Å². The topological polar surface area (TPSA) is 41.6 Å². The Morgan fingerprint density at radius 1 is 1.33 bits per heavy atom. The molecule has 21 heavy (non-hydrogen) atoms. The molecule has 3 rings (SSSR count). The number of piperidine rings is 1. The van der Waals surface area contributed by atoms with E-state index in [4.69, 9.17) is 4.74 Å². The monoisotopic (exact) mass is 288 g/mol. The predicted octanol–water partition coefficient (Wildman–Crippen LogP) is 1.72. The first-order valence-corrected chi connectivity index (χ1v) is 7.88. The van der Waals surface area contributed by atoms with Crippen LogP contribution < -0.4 is 5.32 Å². The minimum absolute atomic E-state index is 0.113. The second-order valence-corrected chi connectivity index (χ2v) is 6.20. The second kappa shape index (κ2) is 6.58. The highest BCUT2D eigenvalue weighted by Crippen LogP contribution is 2.23. The van der Waals surface area contributed by atoms with E-state index in [-0.39, 0.29) is 18.6 Å². The molecule has 1 unspecified atom stereocenters. The van der Waals surface area contributed by atoms with Crippen LogP contribution in [0.1, 0.15) is 24.0 Å². The molecule has 114 valence electrons. The van der Waals surface area contributed by atoms with Gasteiger partial charge in [0.15, 0.2) is 0 Å². The fraction of sp³-hybridized carbons (Fsp3) is 0.588. The summed E-state index contributed by atoms with van der Waals surface area (Å²) in [7, 11) is 0. The van der Waals surface area contributed by atoms with Gasteiger partial charge in [0.2, 0.25) is 5.91 Å². The number of morpholine rings is 1. The van der Waals surface area contributed by atoms with Crippen LogP contribution in [0.4, 0.5) is 0 Å². The number of nitrogens with one attached hydrogen (secondary N) is 1. The lowest BCUT2D eigenvalue weighted by Crippen LogP contribution is -2.50. The Labute approximate surface area is 126 Å². The second-order valence-electron chi connectivity index (χ2n) is 6.20. The summed E-state index contributed by atoms with van der Waals surface area (Å²) in [5.74, 6) is 0.695. The van der Waals surface area contributed by atoms with Crippen LogP contribution in [-0.4, -0.2) is 43.2 Å². The number of amides is 1.